The molecule has 0 aromatic heterocycles. The van der Waals surface area contributed by atoms with E-state index in [0.29, 0.717) is 18.8 Å². The Labute approximate surface area is 181 Å². The topological polar surface area (TPSA) is 81.7 Å². The Morgan fingerprint density at radius 1 is 1.13 bits per heavy atom. The van der Waals surface area contributed by atoms with Gasteiger partial charge in [-0.3, -0.25) is 4.18 Å². The first-order valence-corrected chi connectivity index (χ1v) is 12.4. The number of benzene rings is 1. The Morgan fingerprint density at radius 3 is 2.27 bits per heavy atom. The van der Waals surface area contributed by atoms with Crippen LogP contribution in [0.25, 0.3) is 0 Å². The zero-order valence-electron chi connectivity index (χ0n) is 18.9. The standard InChI is InChI=1S/C23H37NO5S/c1-6-21(29-30(26,27)19-14-12-17(2)13-15-19)20(16-18-10-8-7-9-11-18)24-22(25)28-23(3,4)5/h12-15,18,20-21H,6-11,16H2,1-5H3,(H,24,25). The molecule has 1 saturated carbocycles. The van der Waals surface area contributed by atoms with Crippen LogP contribution in [0, 0.1) is 12.8 Å². The van der Waals surface area contributed by atoms with Gasteiger partial charge in [0.25, 0.3) is 10.1 Å². The number of hydrogen-bond donors (Lipinski definition) is 1. The van der Waals surface area contributed by atoms with Crippen molar-refractivity contribution in [3.8, 4) is 0 Å². The third-order valence-corrected chi connectivity index (χ3v) is 6.78. The van der Waals surface area contributed by atoms with Gasteiger partial charge in [0.1, 0.15) is 5.60 Å². The van der Waals surface area contributed by atoms with Gasteiger partial charge in [0.15, 0.2) is 0 Å². The Kier molecular flexibility index (Phi) is 8.73. The Morgan fingerprint density at radius 2 is 1.73 bits per heavy atom. The predicted octanol–water partition coefficient (Wildman–Crippen LogP) is 5.34. The summed E-state index contributed by atoms with van der Waals surface area (Å²) in [7, 11) is -3.94. The highest BCUT2D eigenvalue weighted by Crippen LogP contribution is 2.30. The van der Waals surface area contributed by atoms with Crippen LogP contribution in [0.15, 0.2) is 29.2 Å². The van der Waals surface area contributed by atoms with E-state index >= 15 is 0 Å². The van der Waals surface area contributed by atoms with Gasteiger partial charge in [0.05, 0.1) is 17.0 Å². The van der Waals surface area contributed by atoms with E-state index in [-0.39, 0.29) is 4.90 Å². The van der Waals surface area contributed by atoms with Gasteiger partial charge in [0, 0.05) is 0 Å². The Balaban J connectivity index is 2.19. The van der Waals surface area contributed by atoms with Crippen molar-refractivity contribution in [1.82, 2.24) is 5.32 Å². The molecule has 170 valence electrons. The summed E-state index contributed by atoms with van der Waals surface area (Å²) in [5.74, 6) is 0.443. The number of hydrogen-bond acceptors (Lipinski definition) is 5. The molecule has 1 fully saturated rings. The SMILES string of the molecule is CCC(OS(=O)(=O)c1ccc(C)cc1)C(CC1CCCCC1)NC(=O)OC(C)(C)C. The fourth-order valence-electron chi connectivity index (χ4n) is 3.89. The molecule has 0 spiro atoms. The molecule has 2 rings (SSSR count). The zero-order chi connectivity index (χ0) is 22.4. The Hall–Kier alpha value is -1.60. The van der Waals surface area contributed by atoms with Crippen molar-refractivity contribution < 1.29 is 22.1 Å². The van der Waals surface area contributed by atoms with Crippen molar-refractivity contribution in [2.45, 2.75) is 102 Å². The fraction of sp³-hybridized carbons (Fsp3) is 0.696. The molecular weight excluding hydrogens is 402 g/mol. The van der Waals surface area contributed by atoms with E-state index in [2.05, 4.69) is 5.32 Å². The van der Waals surface area contributed by atoms with Crippen LogP contribution in [0.4, 0.5) is 4.79 Å². The summed E-state index contributed by atoms with van der Waals surface area (Å²) >= 11 is 0. The number of rotatable bonds is 8. The molecule has 6 nitrogen and oxygen atoms in total. The maximum Gasteiger partial charge on any atom is 0.407 e. The predicted molar refractivity (Wildman–Crippen MR) is 118 cm³/mol. The van der Waals surface area contributed by atoms with Crippen molar-refractivity contribution in [2.75, 3.05) is 0 Å². The second kappa shape index (κ2) is 10.6. The minimum Gasteiger partial charge on any atom is -0.444 e. The lowest BCUT2D eigenvalue weighted by atomic mass is 9.83. The van der Waals surface area contributed by atoms with Crippen LogP contribution < -0.4 is 5.32 Å². The zero-order valence-corrected chi connectivity index (χ0v) is 19.8. The maximum atomic E-state index is 12.9. The second-order valence-electron chi connectivity index (χ2n) is 9.30. The lowest BCUT2D eigenvalue weighted by Crippen LogP contribution is -2.48. The molecule has 1 aromatic carbocycles. The maximum absolute atomic E-state index is 12.9. The summed E-state index contributed by atoms with van der Waals surface area (Å²) < 4.78 is 36.8. The van der Waals surface area contributed by atoms with Gasteiger partial charge in [-0.25, -0.2) is 4.79 Å². The molecule has 0 bridgehead atoms. The van der Waals surface area contributed by atoms with E-state index in [4.69, 9.17) is 8.92 Å². The molecule has 0 radical (unpaired) electrons. The molecule has 30 heavy (non-hydrogen) atoms. The normalized spacial score (nSPS) is 17.9. The van der Waals surface area contributed by atoms with Crippen molar-refractivity contribution in [3.05, 3.63) is 29.8 Å². The molecule has 0 aliphatic heterocycles. The van der Waals surface area contributed by atoms with Gasteiger partial charge in [0.2, 0.25) is 0 Å². The molecule has 1 aliphatic carbocycles. The van der Waals surface area contributed by atoms with Crippen LogP contribution in [0.5, 0.6) is 0 Å². The molecule has 1 aromatic rings. The van der Waals surface area contributed by atoms with Gasteiger partial charge >= 0.3 is 6.09 Å². The van der Waals surface area contributed by atoms with Crippen LogP contribution in [0.3, 0.4) is 0 Å². The minimum atomic E-state index is -3.94. The van der Waals surface area contributed by atoms with Gasteiger partial charge in [-0.05, 0) is 58.6 Å². The molecular formula is C23H37NO5S. The van der Waals surface area contributed by atoms with Crippen molar-refractivity contribution in [1.29, 1.82) is 0 Å². The molecule has 1 amide bonds. The number of amides is 1. The number of carbonyl (C=O) groups excluding carboxylic acids is 1. The number of aryl methyl sites for hydroxylation is 1. The van der Waals surface area contributed by atoms with Crippen LogP contribution in [-0.2, 0) is 19.0 Å². The summed E-state index contributed by atoms with van der Waals surface area (Å²) in [6.07, 6.45) is 5.69. The van der Waals surface area contributed by atoms with E-state index in [1.807, 2.05) is 13.8 Å². The number of ether oxygens (including phenoxy) is 1. The lowest BCUT2D eigenvalue weighted by molar-refractivity contribution is 0.0420. The second-order valence-corrected chi connectivity index (χ2v) is 10.9. The molecule has 0 saturated heterocycles. The van der Waals surface area contributed by atoms with Crippen LogP contribution in [0.2, 0.25) is 0 Å². The van der Waals surface area contributed by atoms with Crippen molar-refractivity contribution in [3.63, 3.8) is 0 Å². The quantitative estimate of drug-likeness (QED) is 0.553. The van der Waals surface area contributed by atoms with E-state index in [0.717, 1.165) is 18.4 Å². The summed E-state index contributed by atoms with van der Waals surface area (Å²) in [6, 6.07) is 6.16. The summed E-state index contributed by atoms with van der Waals surface area (Å²) in [6.45, 7) is 9.19. The highest BCUT2D eigenvalue weighted by Gasteiger charge is 2.32. The Bertz CT molecular complexity index is 777. The third-order valence-electron chi connectivity index (χ3n) is 5.43. The average Bonchev–Trinajstić information content (AvgIpc) is 2.65. The third kappa shape index (κ3) is 7.91. The van der Waals surface area contributed by atoms with Gasteiger partial charge in [-0.2, -0.15) is 8.42 Å². The summed E-state index contributed by atoms with van der Waals surface area (Å²) in [5.41, 5.74) is 0.346. The van der Waals surface area contributed by atoms with E-state index in [9.17, 15) is 13.2 Å². The lowest BCUT2D eigenvalue weighted by Gasteiger charge is -2.32. The smallest absolute Gasteiger partial charge is 0.407 e. The molecule has 1 N–H and O–H groups in total. The van der Waals surface area contributed by atoms with Crippen molar-refractivity contribution in [2.24, 2.45) is 5.92 Å². The highest BCUT2D eigenvalue weighted by atomic mass is 32.2. The fourth-order valence-corrected chi connectivity index (χ4v) is 5.06. The summed E-state index contributed by atoms with van der Waals surface area (Å²) in [5, 5.41) is 2.90. The van der Waals surface area contributed by atoms with E-state index in [1.54, 1.807) is 45.0 Å². The van der Waals surface area contributed by atoms with Gasteiger partial charge in [-0.1, -0.05) is 56.7 Å². The number of alkyl carbamates (subject to hydrolysis) is 1. The van der Waals surface area contributed by atoms with Crippen molar-refractivity contribution >= 4 is 16.2 Å². The first-order valence-electron chi connectivity index (χ1n) is 11.0. The molecule has 7 heteroatoms. The van der Waals surface area contributed by atoms with Crippen LogP contribution >= 0.6 is 0 Å². The monoisotopic (exact) mass is 439 g/mol. The molecule has 2 unspecified atom stereocenters. The highest BCUT2D eigenvalue weighted by molar-refractivity contribution is 7.86. The largest absolute Gasteiger partial charge is 0.444 e. The molecule has 0 heterocycles. The van der Waals surface area contributed by atoms with Crippen LogP contribution in [0.1, 0.15) is 78.2 Å². The number of carbonyl (C=O) groups is 1. The van der Waals surface area contributed by atoms with Crippen LogP contribution in [-0.4, -0.2) is 32.3 Å². The first-order chi connectivity index (χ1) is 14.0. The molecule has 2 atom stereocenters. The number of nitrogens with one attached hydrogen (secondary N) is 1. The van der Waals surface area contributed by atoms with E-state index in [1.165, 1.54) is 19.3 Å². The average molecular weight is 440 g/mol. The van der Waals surface area contributed by atoms with Gasteiger partial charge < -0.3 is 10.1 Å². The molecule has 1 aliphatic rings. The van der Waals surface area contributed by atoms with E-state index < -0.39 is 34.0 Å². The first kappa shape index (κ1) is 24.7. The van der Waals surface area contributed by atoms with Gasteiger partial charge in [-0.15, -0.1) is 0 Å². The minimum absolute atomic E-state index is 0.125. The summed E-state index contributed by atoms with van der Waals surface area (Å²) in [4.78, 5) is 12.6.